The quantitative estimate of drug-likeness (QED) is 0.737. The van der Waals surface area contributed by atoms with Crippen LogP contribution in [0.5, 0.6) is 0 Å². The number of aryl methyl sites for hydroxylation is 1. The topological polar surface area (TPSA) is 43.6 Å². The standard InChI is InChI=1S/C10H12N4/c1-2-7-14-8-12-13-10(14)9-3-5-11-6-4-9/h3-6,8H,2,7H2,1H3. The zero-order valence-electron chi connectivity index (χ0n) is 8.09. The summed E-state index contributed by atoms with van der Waals surface area (Å²) < 4.78 is 2.05. The monoisotopic (exact) mass is 188 g/mol. The van der Waals surface area contributed by atoms with Crippen LogP contribution in [0.2, 0.25) is 0 Å². The first-order valence-corrected chi connectivity index (χ1v) is 4.70. The van der Waals surface area contributed by atoms with Gasteiger partial charge in [-0.2, -0.15) is 0 Å². The third-order valence-corrected chi connectivity index (χ3v) is 2.02. The lowest BCUT2D eigenvalue weighted by Gasteiger charge is -2.03. The third-order valence-electron chi connectivity index (χ3n) is 2.02. The van der Waals surface area contributed by atoms with Gasteiger partial charge in [-0.15, -0.1) is 10.2 Å². The van der Waals surface area contributed by atoms with E-state index in [9.17, 15) is 0 Å². The van der Waals surface area contributed by atoms with Crippen LogP contribution < -0.4 is 0 Å². The Hall–Kier alpha value is -1.71. The van der Waals surface area contributed by atoms with Crippen LogP contribution in [0.4, 0.5) is 0 Å². The van der Waals surface area contributed by atoms with Gasteiger partial charge in [0.05, 0.1) is 0 Å². The Labute approximate surface area is 82.6 Å². The highest BCUT2D eigenvalue weighted by Crippen LogP contribution is 2.14. The molecule has 0 saturated heterocycles. The van der Waals surface area contributed by atoms with E-state index in [1.165, 1.54) is 0 Å². The van der Waals surface area contributed by atoms with E-state index in [-0.39, 0.29) is 0 Å². The van der Waals surface area contributed by atoms with Gasteiger partial charge in [-0.3, -0.25) is 4.98 Å². The van der Waals surface area contributed by atoms with Crippen LogP contribution >= 0.6 is 0 Å². The summed E-state index contributed by atoms with van der Waals surface area (Å²) in [5.74, 6) is 0.911. The van der Waals surface area contributed by atoms with Crippen LogP contribution in [-0.2, 0) is 6.54 Å². The maximum Gasteiger partial charge on any atom is 0.163 e. The molecule has 0 radical (unpaired) electrons. The van der Waals surface area contributed by atoms with Gasteiger partial charge in [-0.25, -0.2) is 0 Å². The molecule has 2 rings (SSSR count). The highest BCUT2D eigenvalue weighted by Gasteiger charge is 2.04. The van der Waals surface area contributed by atoms with E-state index in [1.807, 2.05) is 12.1 Å². The maximum absolute atomic E-state index is 4.09. The average molecular weight is 188 g/mol. The van der Waals surface area contributed by atoms with Gasteiger partial charge in [0.1, 0.15) is 6.33 Å². The van der Waals surface area contributed by atoms with Crippen LogP contribution in [-0.4, -0.2) is 19.7 Å². The zero-order valence-corrected chi connectivity index (χ0v) is 8.09. The largest absolute Gasteiger partial charge is 0.314 e. The molecule has 0 bridgehead atoms. The van der Waals surface area contributed by atoms with Crippen molar-refractivity contribution in [3.63, 3.8) is 0 Å². The zero-order chi connectivity index (χ0) is 9.80. The van der Waals surface area contributed by atoms with Crippen molar-refractivity contribution in [2.24, 2.45) is 0 Å². The molecule has 4 nitrogen and oxygen atoms in total. The molecule has 0 saturated carbocycles. The van der Waals surface area contributed by atoms with Gasteiger partial charge >= 0.3 is 0 Å². The van der Waals surface area contributed by atoms with E-state index in [0.29, 0.717) is 0 Å². The number of pyridine rings is 1. The lowest BCUT2D eigenvalue weighted by Crippen LogP contribution is -1.98. The summed E-state index contributed by atoms with van der Waals surface area (Å²) in [4.78, 5) is 3.97. The molecule has 72 valence electrons. The maximum atomic E-state index is 4.09. The second kappa shape index (κ2) is 4.00. The third kappa shape index (κ3) is 1.64. The first-order chi connectivity index (χ1) is 6.92. The number of rotatable bonds is 3. The van der Waals surface area contributed by atoms with Gasteiger partial charge in [0, 0.05) is 24.5 Å². The molecule has 0 unspecified atom stereocenters. The molecule has 4 heteroatoms. The second-order valence-electron chi connectivity index (χ2n) is 3.08. The highest BCUT2D eigenvalue weighted by atomic mass is 15.3. The van der Waals surface area contributed by atoms with E-state index in [1.54, 1.807) is 18.7 Å². The molecule has 0 spiro atoms. The van der Waals surface area contributed by atoms with Gasteiger partial charge in [-0.05, 0) is 18.6 Å². The van der Waals surface area contributed by atoms with Crippen LogP contribution in [0, 0.1) is 0 Å². The molecule has 2 aromatic heterocycles. The Bertz CT molecular complexity index is 394. The molecule has 0 aliphatic heterocycles. The van der Waals surface area contributed by atoms with Crippen molar-refractivity contribution in [3.05, 3.63) is 30.9 Å². The SMILES string of the molecule is CCCn1cnnc1-c1ccncc1. The number of hydrogen-bond donors (Lipinski definition) is 0. The summed E-state index contributed by atoms with van der Waals surface area (Å²) in [5, 5.41) is 8.00. The van der Waals surface area contributed by atoms with Crippen molar-refractivity contribution in [1.29, 1.82) is 0 Å². The minimum Gasteiger partial charge on any atom is -0.314 e. The molecule has 0 N–H and O–H groups in total. The average Bonchev–Trinajstić information content (AvgIpc) is 2.68. The van der Waals surface area contributed by atoms with E-state index in [4.69, 9.17) is 0 Å². The Morgan fingerprint density at radius 3 is 2.79 bits per heavy atom. The fraction of sp³-hybridized carbons (Fsp3) is 0.300. The number of hydrogen-bond acceptors (Lipinski definition) is 3. The van der Waals surface area contributed by atoms with E-state index in [0.717, 1.165) is 24.4 Å². The summed E-state index contributed by atoms with van der Waals surface area (Å²) in [5.41, 5.74) is 1.06. The molecular weight excluding hydrogens is 176 g/mol. The van der Waals surface area contributed by atoms with Crippen molar-refractivity contribution in [1.82, 2.24) is 19.7 Å². The Balaban J connectivity index is 2.37. The first-order valence-electron chi connectivity index (χ1n) is 4.70. The minimum atomic E-state index is 0.911. The Kier molecular flexibility index (Phi) is 2.53. The Morgan fingerprint density at radius 1 is 1.29 bits per heavy atom. The normalized spacial score (nSPS) is 10.4. The molecule has 0 aromatic carbocycles. The molecule has 0 aliphatic rings. The highest BCUT2D eigenvalue weighted by molar-refractivity contribution is 5.53. The smallest absolute Gasteiger partial charge is 0.163 e. The summed E-state index contributed by atoms with van der Waals surface area (Å²) in [6.45, 7) is 3.08. The Morgan fingerprint density at radius 2 is 2.07 bits per heavy atom. The molecule has 0 fully saturated rings. The minimum absolute atomic E-state index is 0.911. The van der Waals surface area contributed by atoms with Crippen molar-refractivity contribution < 1.29 is 0 Å². The van der Waals surface area contributed by atoms with Crippen LogP contribution in [0.1, 0.15) is 13.3 Å². The van der Waals surface area contributed by atoms with Crippen molar-refractivity contribution >= 4 is 0 Å². The fourth-order valence-corrected chi connectivity index (χ4v) is 1.38. The number of aromatic nitrogens is 4. The van der Waals surface area contributed by atoms with Crippen LogP contribution in [0.3, 0.4) is 0 Å². The van der Waals surface area contributed by atoms with E-state index >= 15 is 0 Å². The lowest BCUT2D eigenvalue weighted by molar-refractivity contribution is 0.682. The predicted octanol–water partition coefficient (Wildman–Crippen LogP) is 1.75. The molecular formula is C10H12N4. The van der Waals surface area contributed by atoms with Crippen LogP contribution in [0.25, 0.3) is 11.4 Å². The van der Waals surface area contributed by atoms with Crippen molar-refractivity contribution in [3.8, 4) is 11.4 Å². The molecule has 2 aromatic rings. The van der Waals surface area contributed by atoms with Crippen molar-refractivity contribution in [2.75, 3.05) is 0 Å². The van der Waals surface area contributed by atoms with Gasteiger partial charge < -0.3 is 4.57 Å². The lowest BCUT2D eigenvalue weighted by atomic mass is 10.2. The molecule has 2 heterocycles. The first kappa shape index (κ1) is 8.87. The molecule has 0 aliphatic carbocycles. The summed E-state index contributed by atoms with van der Waals surface area (Å²) in [6.07, 6.45) is 6.37. The van der Waals surface area contributed by atoms with Crippen LogP contribution in [0.15, 0.2) is 30.9 Å². The molecule has 0 amide bonds. The number of nitrogens with zero attached hydrogens (tertiary/aromatic N) is 4. The van der Waals surface area contributed by atoms with Gasteiger partial charge in [0.2, 0.25) is 0 Å². The van der Waals surface area contributed by atoms with Gasteiger partial charge in [-0.1, -0.05) is 6.92 Å². The molecule has 0 atom stereocenters. The summed E-state index contributed by atoms with van der Waals surface area (Å²) in [6, 6.07) is 3.88. The fourth-order valence-electron chi connectivity index (χ4n) is 1.38. The van der Waals surface area contributed by atoms with Gasteiger partial charge in [0.15, 0.2) is 5.82 Å². The summed E-state index contributed by atoms with van der Waals surface area (Å²) in [7, 11) is 0. The van der Waals surface area contributed by atoms with Gasteiger partial charge in [0.25, 0.3) is 0 Å². The van der Waals surface area contributed by atoms with Crippen molar-refractivity contribution in [2.45, 2.75) is 19.9 Å². The molecule has 14 heavy (non-hydrogen) atoms. The van der Waals surface area contributed by atoms with E-state index in [2.05, 4.69) is 26.7 Å². The summed E-state index contributed by atoms with van der Waals surface area (Å²) >= 11 is 0. The van der Waals surface area contributed by atoms with E-state index < -0.39 is 0 Å². The second-order valence-corrected chi connectivity index (χ2v) is 3.08. The predicted molar refractivity (Wildman–Crippen MR) is 53.5 cm³/mol.